The van der Waals surface area contributed by atoms with Gasteiger partial charge in [0.2, 0.25) is 5.91 Å². The molecular formula is C7H13NO3. The van der Waals surface area contributed by atoms with Gasteiger partial charge in [-0.2, -0.15) is 0 Å². The fourth-order valence-electron chi connectivity index (χ4n) is 0.516. The summed E-state index contributed by atoms with van der Waals surface area (Å²) in [7, 11) is 0. The van der Waals surface area contributed by atoms with Crippen LogP contribution in [0.1, 0.15) is 12.8 Å². The molecule has 4 nitrogen and oxygen atoms in total. The highest BCUT2D eigenvalue weighted by atomic mass is 16.3. The van der Waals surface area contributed by atoms with Gasteiger partial charge >= 0.3 is 0 Å². The first-order valence-electron chi connectivity index (χ1n) is 3.46. The van der Waals surface area contributed by atoms with Gasteiger partial charge in [0.15, 0.2) is 0 Å². The Bertz CT molecular complexity index is 116. The van der Waals surface area contributed by atoms with Crippen molar-refractivity contribution in [3.63, 3.8) is 0 Å². The molecule has 0 heterocycles. The Morgan fingerprint density at radius 1 is 1.64 bits per heavy atom. The molecule has 0 aromatic heterocycles. The Morgan fingerprint density at radius 2 is 2.27 bits per heavy atom. The summed E-state index contributed by atoms with van der Waals surface area (Å²) in [5, 5.41) is 19.5. The number of hydrogen-bond acceptors (Lipinski definition) is 3. The molecule has 1 amide bonds. The quantitative estimate of drug-likeness (QED) is 0.479. The van der Waals surface area contributed by atoms with Crippen molar-refractivity contribution >= 4 is 5.91 Å². The molecule has 0 aliphatic heterocycles. The highest BCUT2D eigenvalue weighted by Gasteiger charge is 2.03. The van der Waals surface area contributed by atoms with Gasteiger partial charge in [-0.1, -0.05) is 0 Å². The molecule has 0 spiro atoms. The van der Waals surface area contributed by atoms with Crippen LogP contribution in [0, 0.1) is 6.92 Å². The second-order valence-corrected chi connectivity index (χ2v) is 2.18. The summed E-state index contributed by atoms with van der Waals surface area (Å²) in [5.74, 6) is -0.208. The molecule has 3 N–H and O–H groups in total. The third kappa shape index (κ3) is 5.82. The van der Waals surface area contributed by atoms with Crippen molar-refractivity contribution in [3.8, 4) is 0 Å². The van der Waals surface area contributed by atoms with Crippen LogP contribution in [0.4, 0.5) is 0 Å². The molecule has 0 rings (SSSR count). The first-order valence-corrected chi connectivity index (χ1v) is 3.46. The molecule has 0 aromatic rings. The Balaban J connectivity index is 3.30. The molecule has 64 valence electrons. The van der Waals surface area contributed by atoms with Gasteiger partial charge in [-0.3, -0.25) is 4.79 Å². The Morgan fingerprint density at radius 3 is 2.73 bits per heavy atom. The number of aliphatic hydroxyl groups is 2. The van der Waals surface area contributed by atoms with Gasteiger partial charge in [0.05, 0.1) is 12.7 Å². The lowest BCUT2D eigenvalue weighted by atomic mass is 10.3. The van der Waals surface area contributed by atoms with Gasteiger partial charge in [0, 0.05) is 13.0 Å². The van der Waals surface area contributed by atoms with Crippen molar-refractivity contribution in [3.05, 3.63) is 6.92 Å². The monoisotopic (exact) mass is 159 g/mol. The number of nitrogens with one attached hydrogen (secondary N) is 1. The summed E-state index contributed by atoms with van der Waals surface area (Å²) >= 11 is 0. The van der Waals surface area contributed by atoms with Gasteiger partial charge in [-0.05, 0) is 13.3 Å². The van der Waals surface area contributed by atoms with Gasteiger partial charge in [-0.15, -0.1) is 0 Å². The topological polar surface area (TPSA) is 69.6 Å². The molecule has 0 bridgehead atoms. The number of carbonyl (C=O) groups excluding carboxylic acids is 1. The predicted octanol–water partition coefficient (Wildman–Crippen LogP) is -1.05. The van der Waals surface area contributed by atoms with Crippen molar-refractivity contribution in [2.24, 2.45) is 0 Å². The van der Waals surface area contributed by atoms with E-state index in [-0.39, 0.29) is 25.5 Å². The van der Waals surface area contributed by atoms with E-state index in [4.69, 9.17) is 17.1 Å². The standard InChI is InChI=1S/C7H13NO3/c1-2-3-7(11)8-4-6(10)5-9/h1,6,9-10H,2-5H2,(H,8,11). The number of rotatable bonds is 5. The average Bonchev–Trinajstić information content (AvgIpc) is 2.01. The van der Waals surface area contributed by atoms with E-state index < -0.39 is 6.10 Å². The van der Waals surface area contributed by atoms with Crippen LogP contribution in [0.2, 0.25) is 0 Å². The first kappa shape index (κ1) is 10.4. The molecule has 0 aliphatic carbocycles. The van der Waals surface area contributed by atoms with Crippen LogP contribution in [-0.2, 0) is 4.79 Å². The fraction of sp³-hybridized carbons (Fsp3) is 0.714. The lowest BCUT2D eigenvalue weighted by Gasteiger charge is -2.07. The number of amides is 1. The molecule has 1 unspecified atom stereocenters. The molecule has 2 radical (unpaired) electrons. The van der Waals surface area contributed by atoms with E-state index in [2.05, 4.69) is 5.32 Å². The summed E-state index contributed by atoms with van der Waals surface area (Å²) in [6.45, 7) is 4.83. The average molecular weight is 159 g/mol. The predicted molar refractivity (Wildman–Crippen MR) is 39.6 cm³/mol. The zero-order valence-electron chi connectivity index (χ0n) is 6.29. The highest BCUT2D eigenvalue weighted by molar-refractivity contribution is 5.75. The van der Waals surface area contributed by atoms with Crippen LogP contribution in [0.3, 0.4) is 0 Å². The van der Waals surface area contributed by atoms with Crippen molar-refractivity contribution in [1.29, 1.82) is 0 Å². The number of aliphatic hydroxyl groups excluding tert-OH is 2. The van der Waals surface area contributed by atoms with Crippen LogP contribution in [0.25, 0.3) is 0 Å². The zero-order valence-corrected chi connectivity index (χ0v) is 6.29. The van der Waals surface area contributed by atoms with E-state index in [1.165, 1.54) is 0 Å². The van der Waals surface area contributed by atoms with Crippen LogP contribution in [-0.4, -0.2) is 35.4 Å². The summed E-state index contributed by atoms with van der Waals surface area (Å²) in [4.78, 5) is 10.7. The van der Waals surface area contributed by atoms with Gasteiger partial charge in [0.1, 0.15) is 0 Å². The van der Waals surface area contributed by atoms with Crippen molar-refractivity contribution in [1.82, 2.24) is 5.32 Å². The van der Waals surface area contributed by atoms with Gasteiger partial charge in [0.25, 0.3) is 0 Å². The number of carbonyl (C=O) groups is 1. The maximum atomic E-state index is 10.7. The molecule has 0 saturated heterocycles. The molecule has 0 aromatic carbocycles. The smallest absolute Gasteiger partial charge is 0.220 e. The van der Waals surface area contributed by atoms with E-state index in [0.717, 1.165) is 0 Å². The van der Waals surface area contributed by atoms with Crippen LogP contribution in [0.15, 0.2) is 0 Å². The molecule has 0 saturated carbocycles. The van der Waals surface area contributed by atoms with Gasteiger partial charge < -0.3 is 15.5 Å². The minimum absolute atomic E-state index is 0.0787. The second-order valence-electron chi connectivity index (χ2n) is 2.18. The SMILES string of the molecule is [CH]CCC(=O)NCC(O)CO. The minimum atomic E-state index is -0.878. The largest absolute Gasteiger partial charge is 0.394 e. The Labute approximate surface area is 66.2 Å². The molecule has 0 aliphatic rings. The summed E-state index contributed by atoms with van der Waals surface area (Å²) in [6.07, 6.45) is -0.337. The second kappa shape index (κ2) is 6.12. The van der Waals surface area contributed by atoms with E-state index in [9.17, 15) is 4.79 Å². The third-order valence-electron chi connectivity index (χ3n) is 1.12. The van der Waals surface area contributed by atoms with E-state index >= 15 is 0 Å². The minimum Gasteiger partial charge on any atom is -0.394 e. The maximum Gasteiger partial charge on any atom is 0.220 e. The Kier molecular flexibility index (Phi) is 5.78. The van der Waals surface area contributed by atoms with E-state index in [1.807, 2.05) is 0 Å². The lowest BCUT2D eigenvalue weighted by molar-refractivity contribution is -0.121. The fourth-order valence-corrected chi connectivity index (χ4v) is 0.516. The molecular weight excluding hydrogens is 146 g/mol. The van der Waals surface area contributed by atoms with Crippen molar-refractivity contribution in [2.45, 2.75) is 18.9 Å². The number of hydrogen-bond donors (Lipinski definition) is 3. The summed E-state index contributed by atoms with van der Waals surface area (Å²) in [6, 6.07) is 0. The third-order valence-corrected chi connectivity index (χ3v) is 1.12. The van der Waals surface area contributed by atoms with Crippen molar-refractivity contribution < 1.29 is 15.0 Å². The summed E-state index contributed by atoms with van der Waals surface area (Å²) < 4.78 is 0. The molecule has 4 heteroatoms. The van der Waals surface area contributed by atoms with E-state index in [0.29, 0.717) is 6.42 Å². The van der Waals surface area contributed by atoms with E-state index in [1.54, 1.807) is 0 Å². The normalized spacial score (nSPS) is 12.6. The van der Waals surface area contributed by atoms with Crippen LogP contribution < -0.4 is 5.32 Å². The first-order chi connectivity index (χ1) is 5.20. The van der Waals surface area contributed by atoms with Crippen LogP contribution >= 0.6 is 0 Å². The van der Waals surface area contributed by atoms with Crippen molar-refractivity contribution in [2.75, 3.05) is 13.2 Å². The zero-order chi connectivity index (χ0) is 8.69. The van der Waals surface area contributed by atoms with Crippen LogP contribution in [0.5, 0.6) is 0 Å². The lowest BCUT2D eigenvalue weighted by Crippen LogP contribution is -2.33. The molecule has 11 heavy (non-hydrogen) atoms. The highest BCUT2D eigenvalue weighted by Crippen LogP contribution is 1.85. The summed E-state index contributed by atoms with van der Waals surface area (Å²) in [5.41, 5.74) is 0. The molecule has 0 fully saturated rings. The molecule has 1 atom stereocenters. The Hall–Kier alpha value is -0.610. The van der Waals surface area contributed by atoms with Gasteiger partial charge in [-0.25, -0.2) is 0 Å². The maximum absolute atomic E-state index is 10.7.